The molecule has 0 spiro atoms. The van der Waals surface area contributed by atoms with Gasteiger partial charge in [0.1, 0.15) is 10.5 Å². The first-order valence-corrected chi connectivity index (χ1v) is 8.24. The summed E-state index contributed by atoms with van der Waals surface area (Å²) in [5.74, 6) is 0. The van der Waals surface area contributed by atoms with Gasteiger partial charge in [-0.3, -0.25) is 0 Å². The number of aromatic nitrogens is 2. The lowest BCUT2D eigenvalue weighted by molar-refractivity contribution is 0.388. The highest BCUT2D eigenvalue weighted by atomic mass is 35.5. The molecule has 0 radical (unpaired) electrons. The van der Waals surface area contributed by atoms with Crippen molar-refractivity contribution in [1.82, 2.24) is 14.3 Å². The van der Waals surface area contributed by atoms with Crippen LogP contribution >= 0.6 is 22.9 Å². The van der Waals surface area contributed by atoms with E-state index < -0.39 is 10.0 Å². The van der Waals surface area contributed by atoms with Crippen molar-refractivity contribution in [3.63, 3.8) is 0 Å². The Kier molecular flexibility index (Phi) is 3.30. The predicted octanol–water partition coefficient (Wildman–Crippen LogP) is 1.94. The molecule has 8 heteroatoms. The second-order valence-electron chi connectivity index (χ2n) is 4.14. The van der Waals surface area contributed by atoms with Crippen molar-refractivity contribution in [2.45, 2.75) is 17.2 Å². The molecule has 2 aromatic heterocycles. The zero-order chi connectivity index (χ0) is 13.5. The topological polar surface area (TPSA) is 63.2 Å². The molecule has 0 fully saturated rings. The van der Waals surface area contributed by atoms with E-state index in [0.717, 1.165) is 22.6 Å². The summed E-state index contributed by atoms with van der Waals surface area (Å²) in [5, 5.41) is 0. The van der Waals surface area contributed by atoms with Crippen molar-refractivity contribution in [2.24, 2.45) is 0 Å². The molecule has 0 atom stereocenters. The molecule has 0 bridgehead atoms. The quantitative estimate of drug-likeness (QED) is 0.849. The molecule has 0 amide bonds. The zero-order valence-electron chi connectivity index (χ0n) is 9.78. The van der Waals surface area contributed by atoms with Crippen LogP contribution in [0.25, 0.3) is 0 Å². The molecule has 1 aliphatic heterocycles. The van der Waals surface area contributed by atoms with Crippen molar-refractivity contribution >= 4 is 33.0 Å². The van der Waals surface area contributed by atoms with Gasteiger partial charge in [0.25, 0.3) is 10.0 Å². The summed E-state index contributed by atoms with van der Waals surface area (Å²) in [7, 11) is -3.47. The fourth-order valence-corrected chi connectivity index (χ4v) is 5.07. The fraction of sp³-hybridized carbons (Fsp3) is 0.273. The highest BCUT2D eigenvalue weighted by Crippen LogP contribution is 2.30. The Labute approximate surface area is 119 Å². The van der Waals surface area contributed by atoms with Gasteiger partial charge in [0.05, 0.1) is 4.34 Å². The lowest BCUT2D eigenvalue weighted by atomic mass is 10.1. The molecule has 0 saturated heterocycles. The normalized spacial score (nSPS) is 16.3. The second-order valence-corrected chi connectivity index (χ2v) is 8.02. The minimum absolute atomic E-state index is 0.276. The van der Waals surface area contributed by atoms with Crippen LogP contribution in [0.5, 0.6) is 0 Å². The summed E-state index contributed by atoms with van der Waals surface area (Å²) in [4.78, 5) is 8.10. The smallest absolute Gasteiger partial charge is 0.244 e. The van der Waals surface area contributed by atoms with Gasteiger partial charge in [0, 0.05) is 37.0 Å². The maximum absolute atomic E-state index is 12.4. The summed E-state index contributed by atoms with van der Waals surface area (Å²) in [5.41, 5.74) is 1.78. The SMILES string of the molecule is O=S(=O)(c1ccc(Cl)s1)N1CCc2ncncc2C1. The predicted molar refractivity (Wildman–Crippen MR) is 72.7 cm³/mol. The maximum Gasteiger partial charge on any atom is 0.252 e. The number of hydrogen-bond donors (Lipinski definition) is 0. The molecular weight excluding hydrogens is 306 g/mol. The summed E-state index contributed by atoms with van der Waals surface area (Å²) >= 11 is 6.88. The Morgan fingerprint density at radius 2 is 2.21 bits per heavy atom. The molecule has 1 aliphatic rings. The van der Waals surface area contributed by atoms with E-state index in [1.807, 2.05) is 0 Å². The Bertz CT molecular complexity index is 714. The highest BCUT2D eigenvalue weighted by molar-refractivity contribution is 7.91. The lowest BCUT2D eigenvalue weighted by Gasteiger charge is -2.26. The van der Waals surface area contributed by atoms with Crippen molar-refractivity contribution < 1.29 is 8.42 Å². The van der Waals surface area contributed by atoms with Crippen LogP contribution in [-0.2, 0) is 23.0 Å². The minimum atomic E-state index is -3.47. The van der Waals surface area contributed by atoms with Gasteiger partial charge in [0.15, 0.2) is 0 Å². The molecular formula is C11H10ClN3O2S2. The molecule has 0 aromatic carbocycles. The average molecular weight is 316 g/mol. The molecule has 0 N–H and O–H groups in total. The Balaban J connectivity index is 1.93. The van der Waals surface area contributed by atoms with Gasteiger partial charge >= 0.3 is 0 Å². The van der Waals surface area contributed by atoms with E-state index in [1.165, 1.54) is 10.6 Å². The molecule has 0 aliphatic carbocycles. The van der Waals surface area contributed by atoms with Crippen LogP contribution in [-0.4, -0.2) is 29.2 Å². The van der Waals surface area contributed by atoms with Crippen LogP contribution in [0.4, 0.5) is 0 Å². The number of fused-ring (bicyclic) bond motifs is 1. The third kappa shape index (κ3) is 2.38. The lowest BCUT2D eigenvalue weighted by Crippen LogP contribution is -2.36. The van der Waals surface area contributed by atoms with Crippen molar-refractivity contribution in [3.8, 4) is 0 Å². The first-order valence-electron chi connectivity index (χ1n) is 5.60. The number of rotatable bonds is 2. The first kappa shape index (κ1) is 13.0. The summed E-state index contributed by atoms with van der Waals surface area (Å²) < 4.78 is 27.1. The van der Waals surface area contributed by atoms with E-state index in [1.54, 1.807) is 18.3 Å². The summed E-state index contributed by atoms with van der Waals surface area (Å²) in [6.45, 7) is 0.746. The van der Waals surface area contributed by atoms with Gasteiger partial charge in [-0.15, -0.1) is 11.3 Å². The van der Waals surface area contributed by atoms with E-state index in [2.05, 4.69) is 9.97 Å². The fourth-order valence-electron chi connectivity index (χ4n) is 2.01. The number of halogens is 1. The van der Waals surface area contributed by atoms with Crippen LogP contribution in [0, 0.1) is 0 Å². The van der Waals surface area contributed by atoms with Gasteiger partial charge < -0.3 is 0 Å². The minimum Gasteiger partial charge on any atom is -0.244 e. The van der Waals surface area contributed by atoms with E-state index in [-0.39, 0.29) is 4.21 Å². The molecule has 3 heterocycles. The number of sulfonamides is 1. The summed E-state index contributed by atoms with van der Waals surface area (Å²) in [6, 6.07) is 3.14. The Morgan fingerprint density at radius 3 is 2.95 bits per heavy atom. The molecule has 2 aromatic rings. The van der Waals surface area contributed by atoms with Gasteiger partial charge in [-0.25, -0.2) is 18.4 Å². The molecule has 19 heavy (non-hydrogen) atoms. The average Bonchev–Trinajstić information content (AvgIpc) is 2.85. The van der Waals surface area contributed by atoms with Crippen LogP contribution < -0.4 is 0 Å². The second kappa shape index (κ2) is 4.82. The van der Waals surface area contributed by atoms with E-state index in [4.69, 9.17) is 11.6 Å². The number of hydrogen-bond acceptors (Lipinski definition) is 5. The van der Waals surface area contributed by atoms with E-state index in [9.17, 15) is 8.42 Å². The van der Waals surface area contributed by atoms with Crippen molar-refractivity contribution in [2.75, 3.05) is 6.54 Å². The number of thiophene rings is 1. The third-order valence-electron chi connectivity index (χ3n) is 2.97. The van der Waals surface area contributed by atoms with Crippen LogP contribution in [0.15, 0.2) is 28.9 Å². The molecule has 0 unspecified atom stereocenters. The first-order chi connectivity index (χ1) is 9.07. The van der Waals surface area contributed by atoms with Crippen molar-refractivity contribution in [1.29, 1.82) is 0 Å². The standard InChI is InChI=1S/C11H10ClN3O2S2/c12-10-1-2-11(18-10)19(16,17)15-4-3-9-8(6-15)5-13-7-14-9/h1-2,5,7H,3-4,6H2. The van der Waals surface area contributed by atoms with Gasteiger partial charge in [-0.1, -0.05) is 11.6 Å². The van der Waals surface area contributed by atoms with Crippen LogP contribution in [0.2, 0.25) is 4.34 Å². The van der Waals surface area contributed by atoms with Crippen molar-refractivity contribution in [3.05, 3.63) is 40.3 Å². The highest BCUT2D eigenvalue weighted by Gasteiger charge is 2.29. The molecule has 3 rings (SSSR count). The van der Waals surface area contributed by atoms with Gasteiger partial charge in [0.2, 0.25) is 0 Å². The summed E-state index contributed by atoms with van der Waals surface area (Å²) in [6.07, 6.45) is 3.77. The van der Waals surface area contributed by atoms with Crippen LogP contribution in [0.1, 0.15) is 11.3 Å². The molecule has 100 valence electrons. The zero-order valence-corrected chi connectivity index (χ0v) is 12.2. The molecule has 5 nitrogen and oxygen atoms in total. The van der Waals surface area contributed by atoms with Gasteiger partial charge in [-0.2, -0.15) is 4.31 Å². The Hall–Kier alpha value is -1.02. The maximum atomic E-state index is 12.4. The third-order valence-corrected chi connectivity index (χ3v) is 6.51. The van der Waals surface area contributed by atoms with Crippen LogP contribution in [0.3, 0.4) is 0 Å². The van der Waals surface area contributed by atoms with Gasteiger partial charge in [-0.05, 0) is 12.1 Å². The van der Waals surface area contributed by atoms with E-state index in [0.29, 0.717) is 23.8 Å². The van der Waals surface area contributed by atoms with E-state index >= 15 is 0 Å². The largest absolute Gasteiger partial charge is 0.252 e. The molecule has 0 saturated carbocycles. The Morgan fingerprint density at radius 1 is 1.37 bits per heavy atom. The number of nitrogens with zero attached hydrogens (tertiary/aromatic N) is 3. The monoisotopic (exact) mass is 315 g/mol.